The predicted octanol–water partition coefficient (Wildman–Crippen LogP) is 3.54. The molecule has 1 aliphatic heterocycles. The Morgan fingerprint density at radius 2 is 2.10 bits per heavy atom. The Balaban J connectivity index is 1.60. The van der Waals surface area contributed by atoms with Gasteiger partial charge in [0.2, 0.25) is 0 Å². The number of benzene rings is 1. The summed E-state index contributed by atoms with van der Waals surface area (Å²) in [6.07, 6.45) is 6.68. The van der Waals surface area contributed by atoms with E-state index in [1.807, 2.05) is 18.2 Å². The van der Waals surface area contributed by atoms with Gasteiger partial charge in [-0.1, -0.05) is 31.5 Å². The van der Waals surface area contributed by atoms with Crippen molar-refractivity contribution in [1.82, 2.24) is 0 Å². The first-order valence-electron chi connectivity index (χ1n) is 7.83. The predicted molar refractivity (Wildman–Crippen MR) is 79.7 cm³/mol. The normalized spacial score (nSPS) is 28.6. The maximum Gasteiger partial charge on any atom is 0.329 e. The van der Waals surface area contributed by atoms with E-state index in [2.05, 4.69) is 18.3 Å². The lowest BCUT2D eigenvalue weighted by Gasteiger charge is -2.31. The third-order valence-electron chi connectivity index (χ3n) is 4.69. The number of fused-ring (bicyclic) bond motifs is 1. The molecule has 3 heteroatoms. The van der Waals surface area contributed by atoms with Crippen LogP contribution >= 0.6 is 0 Å². The van der Waals surface area contributed by atoms with Gasteiger partial charge in [0.25, 0.3) is 0 Å². The molecule has 0 radical (unpaired) electrons. The summed E-state index contributed by atoms with van der Waals surface area (Å²) in [6.45, 7) is 2.19. The molecule has 1 aliphatic carbocycles. The van der Waals surface area contributed by atoms with E-state index in [9.17, 15) is 4.79 Å². The summed E-state index contributed by atoms with van der Waals surface area (Å²) in [4.78, 5) is 12.4. The number of hydrogen-bond acceptors (Lipinski definition) is 3. The molecule has 0 aromatic heterocycles. The molecular formula is C17H23NO2. The molecule has 20 heavy (non-hydrogen) atoms. The van der Waals surface area contributed by atoms with Gasteiger partial charge in [-0.3, -0.25) is 0 Å². The van der Waals surface area contributed by atoms with E-state index >= 15 is 0 Å². The van der Waals surface area contributed by atoms with E-state index in [1.54, 1.807) is 0 Å². The van der Waals surface area contributed by atoms with Crippen LogP contribution in [-0.2, 0) is 16.0 Å². The Labute approximate surface area is 120 Å². The van der Waals surface area contributed by atoms with Gasteiger partial charge in [0, 0.05) is 12.1 Å². The Morgan fingerprint density at radius 3 is 2.90 bits per heavy atom. The Morgan fingerprint density at radius 1 is 1.30 bits per heavy atom. The number of nitrogens with one attached hydrogen (secondary N) is 1. The minimum Gasteiger partial charge on any atom is -0.461 e. The molecule has 0 saturated heterocycles. The first-order valence-corrected chi connectivity index (χ1v) is 7.83. The molecule has 2 aliphatic rings. The van der Waals surface area contributed by atoms with Crippen LogP contribution in [0.15, 0.2) is 24.3 Å². The van der Waals surface area contributed by atoms with Crippen molar-refractivity contribution in [3.05, 3.63) is 29.8 Å². The number of para-hydroxylation sites is 1. The summed E-state index contributed by atoms with van der Waals surface area (Å²) in [6, 6.07) is 7.91. The highest BCUT2D eigenvalue weighted by Crippen LogP contribution is 2.31. The van der Waals surface area contributed by atoms with E-state index in [4.69, 9.17) is 4.74 Å². The monoisotopic (exact) mass is 273 g/mol. The Kier molecular flexibility index (Phi) is 3.95. The molecular weight excluding hydrogens is 250 g/mol. The number of hydrogen-bond donors (Lipinski definition) is 1. The average Bonchev–Trinajstić information content (AvgIpc) is 2.92. The van der Waals surface area contributed by atoms with Gasteiger partial charge >= 0.3 is 5.97 Å². The van der Waals surface area contributed by atoms with Crippen molar-refractivity contribution < 1.29 is 9.53 Å². The van der Waals surface area contributed by atoms with E-state index in [0.29, 0.717) is 5.92 Å². The second kappa shape index (κ2) is 5.86. The minimum atomic E-state index is -0.202. The van der Waals surface area contributed by atoms with E-state index in [-0.39, 0.29) is 18.1 Å². The van der Waals surface area contributed by atoms with Crippen molar-refractivity contribution in [2.75, 3.05) is 5.32 Å². The third kappa shape index (κ3) is 2.67. The molecule has 2 unspecified atom stereocenters. The van der Waals surface area contributed by atoms with Gasteiger partial charge in [0.1, 0.15) is 12.1 Å². The standard InChI is InChI=1S/C17H23NO2/c1-2-12-7-4-6-10-16(12)20-17(19)15-11-13-8-3-5-9-14(13)18-15/h3,5,8-9,12,15-16,18H,2,4,6-7,10-11H2,1H3/t12?,15-,16?/m0/s1. The maximum absolute atomic E-state index is 12.4. The Hall–Kier alpha value is -1.51. The topological polar surface area (TPSA) is 38.3 Å². The van der Waals surface area contributed by atoms with Gasteiger partial charge in [-0.2, -0.15) is 0 Å². The average molecular weight is 273 g/mol. The van der Waals surface area contributed by atoms with Crippen molar-refractivity contribution in [2.24, 2.45) is 5.92 Å². The van der Waals surface area contributed by atoms with Crippen LogP contribution < -0.4 is 5.32 Å². The second-order valence-corrected chi connectivity index (χ2v) is 5.99. The van der Waals surface area contributed by atoms with Crippen LogP contribution in [0.3, 0.4) is 0 Å². The molecule has 3 nitrogen and oxygen atoms in total. The summed E-state index contributed by atoms with van der Waals surface area (Å²) < 4.78 is 5.81. The second-order valence-electron chi connectivity index (χ2n) is 5.99. The van der Waals surface area contributed by atoms with Crippen molar-refractivity contribution in [1.29, 1.82) is 0 Å². The number of carbonyl (C=O) groups is 1. The smallest absolute Gasteiger partial charge is 0.329 e. The first-order chi connectivity index (χ1) is 9.78. The SMILES string of the molecule is CCC1CCCCC1OC(=O)[C@@H]1Cc2ccccc2N1. The summed E-state index contributed by atoms with van der Waals surface area (Å²) in [7, 11) is 0. The minimum absolute atomic E-state index is 0.0773. The lowest BCUT2D eigenvalue weighted by atomic mass is 9.85. The molecule has 1 fully saturated rings. The maximum atomic E-state index is 12.4. The molecule has 3 atom stereocenters. The fourth-order valence-electron chi connectivity index (χ4n) is 3.47. The number of anilines is 1. The van der Waals surface area contributed by atoms with Gasteiger partial charge in [0.15, 0.2) is 0 Å². The van der Waals surface area contributed by atoms with Crippen LogP contribution in [0.25, 0.3) is 0 Å². The molecule has 0 bridgehead atoms. The van der Waals surface area contributed by atoms with E-state index in [0.717, 1.165) is 24.9 Å². The van der Waals surface area contributed by atoms with Gasteiger partial charge < -0.3 is 10.1 Å². The Bertz CT molecular complexity index is 461. The first kappa shape index (κ1) is 13.5. The number of rotatable bonds is 3. The van der Waals surface area contributed by atoms with Crippen molar-refractivity contribution in [3.8, 4) is 0 Å². The van der Waals surface area contributed by atoms with Crippen LogP contribution in [0.5, 0.6) is 0 Å². The van der Waals surface area contributed by atoms with Gasteiger partial charge in [-0.05, 0) is 43.2 Å². The zero-order valence-electron chi connectivity index (χ0n) is 12.1. The molecule has 1 aromatic carbocycles. The van der Waals surface area contributed by atoms with Crippen LogP contribution in [-0.4, -0.2) is 18.1 Å². The summed E-state index contributed by atoms with van der Waals surface area (Å²) in [5.41, 5.74) is 2.29. The molecule has 0 spiro atoms. The lowest BCUT2D eigenvalue weighted by Crippen LogP contribution is -2.36. The fourth-order valence-corrected chi connectivity index (χ4v) is 3.47. The van der Waals surface area contributed by atoms with Crippen LogP contribution in [0.4, 0.5) is 5.69 Å². The van der Waals surface area contributed by atoms with Gasteiger partial charge in [-0.15, -0.1) is 0 Å². The highest BCUT2D eigenvalue weighted by Gasteiger charge is 2.32. The molecule has 1 N–H and O–H groups in total. The lowest BCUT2D eigenvalue weighted by molar-refractivity contribution is -0.154. The molecule has 1 heterocycles. The third-order valence-corrected chi connectivity index (χ3v) is 4.69. The van der Waals surface area contributed by atoms with Crippen molar-refractivity contribution >= 4 is 11.7 Å². The van der Waals surface area contributed by atoms with Gasteiger partial charge in [0.05, 0.1) is 0 Å². The molecule has 1 saturated carbocycles. The van der Waals surface area contributed by atoms with Crippen molar-refractivity contribution in [2.45, 2.75) is 57.6 Å². The summed E-state index contributed by atoms with van der Waals surface area (Å²) >= 11 is 0. The number of esters is 1. The molecule has 0 amide bonds. The van der Waals surface area contributed by atoms with Crippen LogP contribution in [0.2, 0.25) is 0 Å². The number of carbonyl (C=O) groups excluding carboxylic acids is 1. The van der Waals surface area contributed by atoms with Crippen LogP contribution in [0, 0.1) is 5.92 Å². The van der Waals surface area contributed by atoms with E-state index < -0.39 is 0 Å². The number of ether oxygens (including phenoxy) is 1. The fraction of sp³-hybridized carbons (Fsp3) is 0.588. The molecule has 1 aromatic rings. The molecule has 3 rings (SSSR count). The molecule has 108 valence electrons. The highest BCUT2D eigenvalue weighted by atomic mass is 16.5. The van der Waals surface area contributed by atoms with Gasteiger partial charge in [-0.25, -0.2) is 4.79 Å². The highest BCUT2D eigenvalue weighted by molar-refractivity contribution is 5.83. The van der Waals surface area contributed by atoms with Crippen LogP contribution in [0.1, 0.15) is 44.6 Å². The summed E-state index contributed by atoms with van der Waals surface area (Å²) in [5, 5.41) is 3.28. The summed E-state index contributed by atoms with van der Waals surface area (Å²) in [5.74, 6) is 0.475. The quantitative estimate of drug-likeness (QED) is 0.856. The zero-order valence-corrected chi connectivity index (χ0v) is 12.1. The van der Waals surface area contributed by atoms with E-state index in [1.165, 1.54) is 24.8 Å². The van der Waals surface area contributed by atoms with Crippen molar-refractivity contribution in [3.63, 3.8) is 0 Å². The zero-order chi connectivity index (χ0) is 13.9. The largest absolute Gasteiger partial charge is 0.461 e.